The first kappa shape index (κ1) is 16.2. The van der Waals surface area contributed by atoms with Crippen LogP contribution in [0.1, 0.15) is 16.1 Å². The number of sulfone groups is 1. The van der Waals surface area contributed by atoms with Gasteiger partial charge in [0.1, 0.15) is 26.9 Å². The zero-order valence-corrected chi connectivity index (χ0v) is 11.0. The minimum Gasteiger partial charge on any atom is -0.478 e. The average Bonchev–Trinajstić information content (AvgIpc) is 2.25. The van der Waals surface area contributed by atoms with E-state index in [2.05, 4.69) is 10.3 Å². The molecule has 0 amide bonds. The van der Waals surface area contributed by atoms with Crippen LogP contribution in [0.2, 0.25) is 0 Å². The van der Waals surface area contributed by atoms with Crippen molar-refractivity contribution >= 4 is 21.6 Å². The number of aromatic carboxylic acids is 1. The second-order valence-corrected chi connectivity index (χ2v) is 6.21. The molecule has 0 atom stereocenters. The lowest BCUT2D eigenvalue weighted by Crippen LogP contribution is -2.18. The standard InChI is InChI=1S/C10H11F3N2O4S/c1-20(18,19)5-4-14-8-6(9(16)17)2-3-7(15-8)10(11,12)13/h2-3H,4-5H2,1H3,(H,14,15)(H,16,17). The maximum Gasteiger partial charge on any atom is 0.433 e. The highest BCUT2D eigenvalue weighted by Crippen LogP contribution is 2.29. The van der Waals surface area contributed by atoms with E-state index in [1.807, 2.05) is 0 Å². The van der Waals surface area contributed by atoms with Crippen LogP contribution in [-0.2, 0) is 16.0 Å². The van der Waals surface area contributed by atoms with Gasteiger partial charge in [0.25, 0.3) is 0 Å². The number of nitrogens with one attached hydrogen (secondary N) is 1. The zero-order chi connectivity index (χ0) is 15.6. The number of carboxylic acids is 1. The molecule has 0 spiro atoms. The fourth-order valence-corrected chi connectivity index (χ4v) is 1.75. The fraction of sp³-hybridized carbons (Fsp3) is 0.400. The van der Waals surface area contributed by atoms with E-state index in [4.69, 9.17) is 5.11 Å². The number of carbonyl (C=O) groups is 1. The minimum absolute atomic E-state index is 0.243. The summed E-state index contributed by atoms with van der Waals surface area (Å²) in [6.07, 6.45) is -3.77. The molecule has 10 heteroatoms. The molecular weight excluding hydrogens is 301 g/mol. The number of rotatable bonds is 5. The number of hydrogen-bond acceptors (Lipinski definition) is 5. The van der Waals surface area contributed by atoms with Crippen LogP contribution in [0.25, 0.3) is 0 Å². The highest BCUT2D eigenvalue weighted by atomic mass is 32.2. The molecule has 0 saturated carbocycles. The Bertz CT molecular complexity index is 613. The lowest BCUT2D eigenvalue weighted by atomic mass is 10.2. The number of nitrogens with zero attached hydrogens (tertiary/aromatic N) is 1. The van der Waals surface area contributed by atoms with Gasteiger partial charge in [0.05, 0.1) is 5.75 Å². The summed E-state index contributed by atoms with van der Waals surface area (Å²) < 4.78 is 59.3. The van der Waals surface area contributed by atoms with E-state index in [-0.39, 0.29) is 12.3 Å². The van der Waals surface area contributed by atoms with Gasteiger partial charge < -0.3 is 10.4 Å². The predicted molar refractivity (Wildman–Crippen MR) is 64.4 cm³/mol. The van der Waals surface area contributed by atoms with Gasteiger partial charge in [0, 0.05) is 12.8 Å². The van der Waals surface area contributed by atoms with Gasteiger partial charge in [0.2, 0.25) is 0 Å². The van der Waals surface area contributed by atoms with E-state index >= 15 is 0 Å². The summed E-state index contributed by atoms with van der Waals surface area (Å²) in [5.41, 5.74) is -1.73. The second-order valence-electron chi connectivity index (χ2n) is 3.95. The Labute approximate surface area is 112 Å². The highest BCUT2D eigenvalue weighted by molar-refractivity contribution is 7.90. The van der Waals surface area contributed by atoms with Crippen LogP contribution in [0.3, 0.4) is 0 Å². The van der Waals surface area contributed by atoms with Crippen molar-refractivity contribution in [3.8, 4) is 0 Å². The monoisotopic (exact) mass is 312 g/mol. The van der Waals surface area contributed by atoms with Crippen molar-refractivity contribution in [3.05, 3.63) is 23.4 Å². The summed E-state index contributed by atoms with van der Waals surface area (Å²) >= 11 is 0. The van der Waals surface area contributed by atoms with Crippen LogP contribution in [0.5, 0.6) is 0 Å². The smallest absolute Gasteiger partial charge is 0.433 e. The summed E-state index contributed by atoms with van der Waals surface area (Å²) in [4.78, 5) is 14.0. The van der Waals surface area contributed by atoms with Crippen LogP contribution in [0.15, 0.2) is 12.1 Å². The van der Waals surface area contributed by atoms with Crippen LogP contribution < -0.4 is 5.32 Å². The topological polar surface area (TPSA) is 96.4 Å². The number of alkyl halides is 3. The van der Waals surface area contributed by atoms with E-state index in [0.717, 1.165) is 12.3 Å². The van der Waals surface area contributed by atoms with Crippen LogP contribution >= 0.6 is 0 Å². The van der Waals surface area contributed by atoms with Gasteiger partial charge in [-0.25, -0.2) is 18.2 Å². The maximum atomic E-state index is 12.5. The zero-order valence-electron chi connectivity index (χ0n) is 10.2. The van der Waals surface area contributed by atoms with Crippen LogP contribution in [-0.4, -0.2) is 43.0 Å². The number of hydrogen-bond donors (Lipinski definition) is 2. The normalized spacial score (nSPS) is 12.2. The lowest BCUT2D eigenvalue weighted by Gasteiger charge is -2.11. The van der Waals surface area contributed by atoms with E-state index < -0.39 is 39.1 Å². The fourth-order valence-electron chi connectivity index (χ4n) is 1.28. The maximum absolute atomic E-state index is 12.5. The third kappa shape index (κ3) is 4.68. The van der Waals surface area contributed by atoms with Gasteiger partial charge >= 0.3 is 12.1 Å². The molecule has 1 aromatic rings. The van der Waals surface area contributed by atoms with E-state index in [0.29, 0.717) is 6.07 Å². The first-order valence-corrected chi connectivity index (χ1v) is 7.30. The molecule has 0 aliphatic carbocycles. The van der Waals surface area contributed by atoms with E-state index in [9.17, 15) is 26.4 Å². The van der Waals surface area contributed by atoms with Crippen molar-refractivity contribution in [1.82, 2.24) is 4.98 Å². The van der Waals surface area contributed by atoms with Gasteiger partial charge in [-0.3, -0.25) is 0 Å². The Balaban J connectivity index is 3.04. The van der Waals surface area contributed by atoms with Crippen molar-refractivity contribution in [2.45, 2.75) is 6.18 Å². The molecule has 112 valence electrons. The van der Waals surface area contributed by atoms with E-state index in [1.165, 1.54) is 0 Å². The second kappa shape index (κ2) is 5.65. The van der Waals surface area contributed by atoms with Gasteiger partial charge in [-0.2, -0.15) is 13.2 Å². The van der Waals surface area contributed by atoms with Crippen LogP contribution in [0.4, 0.5) is 19.0 Å². The number of anilines is 1. The third-order valence-corrected chi connectivity index (χ3v) is 3.13. The van der Waals surface area contributed by atoms with Crippen molar-refractivity contribution in [1.29, 1.82) is 0 Å². The van der Waals surface area contributed by atoms with Gasteiger partial charge in [-0.15, -0.1) is 0 Å². The Morgan fingerprint density at radius 2 is 2.00 bits per heavy atom. The summed E-state index contributed by atoms with van der Waals surface area (Å²) in [5, 5.41) is 11.1. The Morgan fingerprint density at radius 1 is 1.40 bits per heavy atom. The molecule has 0 radical (unpaired) electrons. The molecule has 0 unspecified atom stereocenters. The SMILES string of the molecule is CS(=O)(=O)CCNc1nc(C(F)(F)F)ccc1C(=O)O. The largest absolute Gasteiger partial charge is 0.478 e. The summed E-state index contributed by atoms with van der Waals surface area (Å²) in [6, 6.07) is 1.31. The molecule has 1 rings (SSSR count). The Kier molecular flexibility index (Phi) is 4.58. The van der Waals surface area contributed by atoms with Gasteiger partial charge in [-0.1, -0.05) is 0 Å². The lowest BCUT2D eigenvalue weighted by molar-refractivity contribution is -0.141. The Morgan fingerprint density at radius 3 is 2.45 bits per heavy atom. The molecule has 2 N–H and O–H groups in total. The third-order valence-electron chi connectivity index (χ3n) is 2.18. The summed E-state index contributed by atoms with van der Waals surface area (Å²) in [5.74, 6) is -2.34. The number of halogens is 3. The van der Waals surface area contributed by atoms with Crippen molar-refractivity contribution < 1.29 is 31.5 Å². The number of pyridine rings is 1. The van der Waals surface area contributed by atoms with Crippen LogP contribution in [0, 0.1) is 0 Å². The van der Waals surface area contributed by atoms with E-state index in [1.54, 1.807) is 0 Å². The molecule has 0 saturated heterocycles. The number of aromatic nitrogens is 1. The number of carboxylic acid groups (broad SMARTS) is 1. The molecule has 0 aromatic carbocycles. The predicted octanol–water partition coefficient (Wildman–Crippen LogP) is 1.26. The molecule has 1 aromatic heterocycles. The molecular formula is C10H11F3N2O4S. The van der Waals surface area contributed by atoms with Crippen molar-refractivity contribution in [2.75, 3.05) is 23.9 Å². The van der Waals surface area contributed by atoms with Gasteiger partial charge in [-0.05, 0) is 12.1 Å². The molecule has 20 heavy (non-hydrogen) atoms. The molecule has 0 fully saturated rings. The van der Waals surface area contributed by atoms with Crippen molar-refractivity contribution in [3.63, 3.8) is 0 Å². The van der Waals surface area contributed by atoms with Gasteiger partial charge in [0.15, 0.2) is 0 Å². The Hall–Kier alpha value is -1.84. The molecule has 0 aliphatic rings. The quantitative estimate of drug-likeness (QED) is 0.849. The van der Waals surface area contributed by atoms with Crippen molar-refractivity contribution in [2.24, 2.45) is 0 Å². The summed E-state index contributed by atoms with van der Waals surface area (Å²) in [7, 11) is -3.33. The first-order valence-electron chi connectivity index (χ1n) is 5.24. The average molecular weight is 312 g/mol. The highest BCUT2D eigenvalue weighted by Gasteiger charge is 2.33. The summed E-state index contributed by atoms with van der Waals surface area (Å²) in [6.45, 7) is -0.243. The molecule has 1 heterocycles. The molecule has 6 nitrogen and oxygen atoms in total. The molecule has 0 bridgehead atoms. The minimum atomic E-state index is -4.72. The first-order chi connectivity index (χ1) is 9.00. The molecule has 0 aliphatic heterocycles.